The molecule has 1 saturated heterocycles. The summed E-state index contributed by atoms with van der Waals surface area (Å²) in [5.74, 6) is -2.89. The molecule has 146 valence electrons. The van der Waals surface area contributed by atoms with Crippen molar-refractivity contribution in [3.8, 4) is 0 Å². The topological polar surface area (TPSA) is 78.5 Å². The van der Waals surface area contributed by atoms with Gasteiger partial charge in [0.2, 0.25) is 5.91 Å². The van der Waals surface area contributed by atoms with Crippen LogP contribution in [0.15, 0.2) is 48.5 Å². The maximum absolute atomic E-state index is 13.6. The number of nitrogens with one attached hydrogen (secondary N) is 2. The predicted molar refractivity (Wildman–Crippen MR) is 98.4 cm³/mol. The van der Waals surface area contributed by atoms with Gasteiger partial charge in [-0.3, -0.25) is 14.5 Å². The molecule has 1 atom stereocenters. The Balaban J connectivity index is 1.64. The Bertz CT molecular complexity index is 920. The van der Waals surface area contributed by atoms with Gasteiger partial charge in [0.05, 0.1) is 5.69 Å². The number of anilines is 1. The molecule has 2 aromatic rings. The van der Waals surface area contributed by atoms with E-state index < -0.39 is 41.6 Å². The Morgan fingerprint density at radius 1 is 1.14 bits per heavy atom. The second-order valence-electron chi connectivity index (χ2n) is 6.81. The highest BCUT2D eigenvalue weighted by molar-refractivity contribution is 6.09. The Morgan fingerprint density at radius 2 is 1.86 bits per heavy atom. The van der Waals surface area contributed by atoms with Crippen molar-refractivity contribution in [1.82, 2.24) is 10.2 Å². The number of imide groups is 1. The van der Waals surface area contributed by atoms with E-state index in [1.54, 1.807) is 6.92 Å². The second-order valence-corrected chi connectivity index (χ2v) is 6.81. The normalized spacial score (nSPS) is 18.9. The molecule has 3 rings (SSSR count). The fourth-order valence-electron chi connectivity index (χ4n) is 3.03. The van der Waals surface area contributed by atoms with Crippen LogP contribution in [-0.2, 0) is 16.0 Å². The molecule has 6 nitrogen and oxygen atoms in total. The summed E-state index contributed by atoms with van der Waals surface area (Å²) in [7, 11) is 0. The van der Waals surface area contributed by atoms with E-state index >= 15 is 0 Å². The van der Waals surface area contributed by atoms with Gasteiger partial charge in [-0.2, -0.15) is 0 Å². The molecule has 2 N–H and O–H groups in total. The standard InChI is InChI=1S/C20H19F2N3O3/c1-20(10-9-13-5-3-2-4-6-13)18(27)25(19(28)24-20)12-17(26)23-16-11-14(21)7-8-15(16)22/h2-8,11H,9-10,12H2,1H3,(H,23,26)(H,24,28)/t20-/m0/s1. The number of carbonyl (C=O) groups excluding carboxylic acids is 3. The Labute approximate surface area is 160 Å². The lowest BCUT2D eigenvalue weighted by Crippen LogP contribution is -2.45. The van der Waals surface area contributed by atoms with Gasteiger partial charge in [-0.15, -0.1) is 0 Å². The molecule has 0 bridgehead atoms. The summed E-state index contributed by atoms with van der Waals surface area (Å²) in [6.07, 6.45) is 0.927. The van der Waals surface area contributed by atoms with Gasteiger partial charge in [-0.05, 0) is 37.5 Å². The number of amides is 4. The van der Waals surface area contributed by atoms with E-state index in [0.29, 0.717) is 12.8 Å². The zero-order valence-corrected chi connectivity index (χ0v) is 15.2. The first-order chi connectivity index (χ1) is 13.3. The molecule has 1 aliphatic rings. The van der Waals surface area contributed by atoms with E-state index in [4.69, 9.17) is 0 Å². The van der Waals surface area contributed by atoms with Crippen LogP contribution >= 0.6 is 0 Å². The molecule has 0 radical (unpaired) electrons. The van der Waals surface area contributed by atoms with Crippen LogP contribution in [0.3, 0.4) is 0 Å². The molecule has 28 heavy (non-hydrogen) atoms. The van der Waals surface area contributed by atoms with E-state index in [9.17, 15) is 23.2 Å². The quantitative estimate of drug-likeness (QED) is 0.748. The second kappa shape index (κ2) is 7.75. The number of urea groups is 1. The highest BCUT2D eigenvalue weighted by atomic mass is 19.1. The maximum atomic E-state index is 13.6. The van der Waals surface area contributed by atoms with Crippen molar-refractivity contribution in [3.05, 3.63) is 65.7 Å². The van der Waals surface area contributed by atoms with Gasteiger partial charge in [0.25, 0.3) is 5.91 Å². The van der Waals surface area contributed by atoms with Gasteiger partial charge in [-0.1, -0.05) is 30.3 Å². The summed E-state index contributed by atoms with van der Waals surface area (Å²) < 4.78 is 26.8. The van der Waals surface area contributed by atoms with E-state index in [1.807, 2.05) is 30.3 Å². The minimum absolute atomic E-state index is 0.358. The first-order valence-corrected chi connectivity index (χ1v) is 8.71. The van der Waals surface area contributed by atoms with Crippen molar-refractivity contribution in [2.75, 3.05) is 11.9 Å². The summed E-state index contributed by atoms with van der Waals surface area (Å²) in [5, 5.41) is 4.79. The number of aryl methyl sites for hydroxylation is 1. The third-order valence-corrected chi connectivity index (χ3v) is 4.61. The van der Waals surface area contributed by atoms with Crippen molar-refractivity contribution < 1.29 is 23.2 Å². The van der Waals surface area contributed by atoms with Crippen LogP contribution in [0.1, 0.15) is 18.9 Å². The van der Waals surface area contributed by atoms with E-state index in [-0.39, 0.29) is 5.69 Å². The largest absolute Gasteiger partial charge is 0.325 e. The molecule has 0 saturated carbocycles. The molecular weight excluding hydrogens is 368 g/mol. The van der Waals surface area contributed by atoms with Gasteiger partial charge >= 0.3 is 6.03 Å². The van der Waals surface area contributed by atoms with Crippen LogP contribution in [0, 0.1) is 11.6 Å². The minimum Gasteiger partial charge on any atom is -0.323 e. The average Bonchev–Trinajstić information content (AvgIpc) is 2.87. The van der Waals surface area contributed by atoms with Gasteiger partial charge in [0, 0.05) is 6.07 Å². The van der Waals surface area contributed by atoms with Crippen molar-refractivity contribution in [2.24, 2.45) is 0 Å². The highest BCUT2D eigenvalue weighted by Crippen LogP contribution is 2.23. The molecule has 0 unspecified atom stereocenters. The van der Waals surface area contributed by atoms with Crippen LogP contribution in [0.25, 0.3) is 0 Å². The lowest BCUT2D eigenvalue weighted by atomic mass is 9.93. The van der Waals surface area contributed by atoms with Crippen LogP contribution in [0.4, 0.5) is 19.3 Å². The lowest BCUT2D eigenvalue weighted by Gasteiger charge is -2.21. The average molecular weight is 387 g/mol. The smallest absolute Gasteiger partial charge is 0.323 e. The van der Waals surface area contributed by atoms with Gasteiger partial charge < -0.3 is 10.6 Å². The summed E-state index contributed by atoms with van der Waals surface area (Å²) in [4.78, 5) is 37.8. The molecular formula is C20H19F2N3O3. The van der Waals surface area contributed by atoms with Crippen molar-refractivity contribution in [1.29, 1.82) is 0 Å². The number of carbonyl (C=O) groups is 3. The summed E-state index contributed by atoms with van der Waals surface area (Å²) in [5.41, 5.74) is -0.482. The van der Waals surface area contributed by atoms with Crippen molar-refractivity contribution in [2.45, 2.75) is 25.3 Å². The zero-order valence-electron chi connectivity index (χ0n) is 15.2. The predicted octanol–water partition coefficient (Wildman–Crippen LogP) is 2.85. The molecule has 0 spiro atoms. The third-order valence-electron chi connectivity index (χ3n) is 4.61. The number of hydrogen-bond acceptors (Lipinski definition) is 3. The Kier molecular flexibility index (Phi) is 5.39. The minimum atomic E-state index is -1.14. The maximum Gasteiger partial charge on any atom is 0.325 e. The van der Waals surface area contributed by atoms with Crippen molar-refractivity contribution >= 4 is 23.5 Å². The van der Waals surface area contributed by atoms with E-state index in [0.717, 1.165) is 28.7 Å². The molecule has 8 heteroatoms. The molecule has 4 amide bonds. The van der Waals surface area contributed by atoms with E-state index in [1.165, 1.54) is 0 Å². The number of hydrogen-bond donors (Lipinski definition) is 2. The summed E-state index contributed by atoms with van der Waals surface area (Å²) in [6.45, 7) is 1.00. The highest BCUT2D eigenvalue weighted by Gasteiger charge is 2.47. The molecule has 1 heterocycles. The molecule has 0 aliphatic carbocycles. The van der Waals surface area contributed by atoms with Crippen LogP contribution in [-0.4, -0.2) is 34.8 Å². The Hall–Kier alpha value is -3.29. The fraction of sp³-hybridized carbons (Fsp3) is 0.250. The van der Waals surface area contributed by atoms with Crippen molar-refractivity contribution in [3.63, 3.8) is 0 Å². The summed E-state index contributed by atoms with van der Waals surface area (Å²) >= 11 is 0. The molecule has 0 aromatic heterocycles. The number of nitrogens with zero attached hydrogens (tertiary/aromatic N) is 1. The van der Waals surface area contributed by atoms with E-state index in [2.05, 4.69) is 10.6 Å². The van der Waals surface area contributed by atoms with Gasteiger partial charge in [-0.25, -0.2) is 13.6 Å². The van der Waals surface area contributed by atoms with Crippen LogP contribution in [0.5, 0.6) is 0 Å². The first-order valence-electron chi connectivity index (χ1n) is 8.71. The lowest BCUT2D eigenvalue weighted by molar-refractivity contribution is -0.133. The fourth-order valence-corrected chi connectivity index (χ4v) is 3.03. The number of benzene rings is 2. The molecule has 1 aliphatic heterocycles. The SMILES string of the molecule is C[C@@]1(CCc2ccccc2)NC(=O)N(CC(=O)Nc2cc(F)ccc2F)C1=O. The third kappa shape index (κ3) is 4.16. The zero-order chi connectivity index (χ0) is 20.3. The van der Waals surface area contributed by atoms with Crippen LogP contribution in [0.2, 0.25) is 0 Å². The summed E-state index contributed by atoms with van der Waals surface area (Å²) in [6, 6.07) is 11.4. The Morgan fingerprint density at radius 3 is 2.57 bits per heavy atom. The molecule has 2 aromatic carbocycles. The number of rotatable bonds is 6. The first kappa shape index (κ1) is 19.5. The van der Waals surface area contributed by atoms with Gasteiger partial charge in [0.1, 0.15) is 23.7 Å². The van der Waals surface area contributed by atoms with Gasteiger partial charge in [0.15, 0.2) is 0 Å². The molecule has 1 fully saturated rings. The van der Waals surface area contributed by atoms with Crippen LogP contribution < -0.4 is 10.6 Å². The number of halogens is 2. The monoisotopic (exact) mass is 387 g/mol.